The molecule has 5 rings (SSSR count). The van der Waals surface area contributed by atoms with Crippen molar-refractivity contribution >= 4 is 17.8 Å². The number of hydrogen-bond acceptors (Lipinski definition) is 2. The molecule has 1 fully saturated rings. The number of benzene rings is 2. The van der Waals surface area contributed by atoms with Gasteiger partial charge in [-0.25, -0.2) is 4.39 Å². The fraction of sp³-hybridized carbons (Fsp3) is 0.296. The number of halogens is 1. The molecule has 1 aliphatic carbocycles. The summed E-state index contributed by atoms with van der Waals surface area (Å²) >= 11 is 1.91. The van der Waals surface area contributed by atoms with Gasteiger partial charge in [-0.2, -0.15) is 0 Å². The molecule has 2 heterocycles. The first kappa shape index (κ1) is 19.6. The van der Waals surface area contributed by atoms with Crippen molar-refractivity contribution in [2.45, 2.75) is 43.9 Å². The third-order valence-electron chi connectivity index (χ3n) is 5.86. The Bertz CT molecular complexity index is 1110. The third-order valence-corrected chi connectivity index (χ3v) is 6.94. The predicted octanol–water partition coefficient (Wildman–Crippen LogP) is 7.75. The van der Waals surface area contributed by atoms with Gasteiger partial charge in [0, 0.05) is 27.7 Å². The van der Waals surface area contributed by atoms with Crippen LogP contribution in [0.1, 0.15) is 49.4 Å². The summed E-state index contributed by atoms with van der Waals surface area (Å²) in [5.41, 5.74) is 8.44. The zero-order chi connectivity index (χ0) is 20.7. The number of nitrogens with zero attached hydrogens (tertiary/aromatic N) is 1. The van der Waals surface area contributed by atoms with E-state index in [1.165, 1.54) is 45.7 Å². The lowest BCUT2D eigenvalue weighted by molar-refractivity contribution is 0.628. The van der Waals surface area contributed by atoms with E-state index >= 15 is 0 Å². The standard InChI is InChI=1S/C27H26FNS/c1-17(2)7-14-22-25(18-10-12-20(28)13-11-18)23-15-16-30-24-6-4-3-5-21(24)27(23)29-26(22)19-8-9-19/h3-7,10-14,17,19H,8-9,15-16H2,1-2H3/b14-7+. The zero-order valence-corrected chi connectivity index (χ0v) is 18.3. The molecule has 0 radical (unpaired) electrons. The van der Waals surface area contributed by atoms with Crippen molar-refractivity contribution < 1.29 is 4.39 Å². The maximum Gasteiger partial charge on any atom is 0.123 e. The van der Waals surface area contributed by atoms with Crippen molar-refractivity contribution in [1.82, 2.24) is 4.98 Å². The second kappa shape index (κ2) is 8.03. The molecule has 3 aromatic rings. The minimum absolute atomic E-state index is 0.193. The molecule has 152 valence electrons. The van der Waals surface area contributed by atoms with Crippen molar-refractivity contribution in [3.8, 4) is 22.4 Å². The van der Waals surface area contributed by atoms with Crippen molar-refractivity contribution in [2.24, 2.45) is 5.92 Å². The van der Waals surface area contributed by atoms with Gasteiger partial charge in [0.05, 0.1) is 11.4 Å². The number of aromatic nitrogens is 1. The topological polar surface area (TPSA) is 12.9 Å². The quantitative estimate of drug-likeness (QED) is 0.432. The van der Waals surface area contributed by atoms with E-state index in [1.807, 2.05) is 23.9 Å². The van der Waals surface area contributed by atoms with Gasteiger partial charge in [-0.1, -0.05) is 56.3 Å². The third kappa shape index (κ3) is 3.72. The molecule has 0 saturated heterocycles. The molecule has 1 aliphatic heterocycles. The van der Waals surface area contributed by atoms with Gasteiger partial charge >= 0.3 is 0 Å². The van der Waals surface area contributed by atoms with Gasteiger partial charge in [0.25, 0.3) is 0 Å². The van der Waals surface area contributed by atoms with E-state index in [1.54, 1.807) is 12.1 Å². The van der Waals surface area contributed by atoms with E-state index in [4.69, 9.17) is 4.98 Å². The highest BCUT2D eigenvalue weighted by Crippen LogP contribution is 2.48. The number of fused-ring (bicyclic) bond motifs is 3. The zero-order valence-electron chi connectivity index (χ0n) is 17.5. The minimum atomic E-state index is -0.193. The molecule has 1 aromatic heterocycles. The average molecular weight is 416 g/mol. The minimum Gasteiger partial charge on any atom is -0.252 e. The van der Waals surface area contributed by atoms with E-state index < -0.39 is 0 Å². The summed E-state index contributed by atoms with van der Waals surface area (Å²) in [6.07, 6.45) is 7.90. The van der Waals surface area contributed by atoms with Crippen LogP contribution in [-0.2, 0) is 6.42 Å². The lowest BCUT2D eigenvalue weighted by Gasteiger charge is -2.20. The molecular weight excluding hydrogens is 389 g/mol. The highest BCUT2D eigenvalue weighted by molar-refractivity contribution is 7.99. The van der Waals surface area contributed by atoms with Crippen LogP contribution in [0.15, 0.2) is 59.5 Å². The molecule has 0 atom stereocenters. The molecule has 3 heteroatoms. The Balaban J connectivity index is 1.84. The van der Waals surface area contributed by atoms with Crippen LogP contribution < -0.4 is 0 Å². The van der Waals surface area contributed by atoms with Crippen LogP contribution in [0.5, 0.6) is 0 Å². The van der Waals surface area contributed by atoms with Crippen LogP contribution >= 0.6 is 11.8 Å². The lowest BCUT2D eigenvalue weighted by atomic mass is 9.87. The number of hydrogen-bond donors (Lipinski definition) is 0. The van der Waals surface area contributed by atoms with E-state index in [9.17, 15) is 4.39 Å². The fourth-order valence-corrected chi connectivity index (χ4v) is 5.27. The molecule has 30 heavy (non-hydrogen) atoms. The highest BCUT2D eigenvalue weighted by atomic mass is 32.2. The van der Waals surface area contributed by atoms with Crippen molar-refractivity contribution in [3.63, 3.8) is 0 Å². The van der Waals surface area contributed by atoms with Crippen LogP contribution in [0.4, 0.5) is 4.39 Å². The fourth-order valence-electron chi connectivity index (χ4n) is 4.25. The molecule has 0 amide bonds. The molecule has 0 bridgehead atoms. The van der Waals surface area contributed by atoms with Gasteiger partial charge in [0.15, 0.2) is 0 Å². The van der Waals surface area contributed by atoms with E-state index in [0.717, 1.165) is 23.4 Å². The Kier molecular flexibility index (Phi) is 5.24. The summed E-state index contributed by atoms with van der Waals surface area (Å²) in [5.74, 6) is 1.83. The second-order valence-electron chi connectivity index (χ2n) is 8.59. The molecule has 0 spiro atoms. The van der Waals surface area contributed by atoms with Crippen molar-refractivity contribution in [2.75, 3.05) is 5.75 Å². The largest absolute Gasteiger partial charge is 0.252 e. The molecule has 0 unspecified atom stereocenters. The Morgan fingerprint density at radius 3 is 2.57 bits per heavy atom. The number of thioether (sulfide) groups is 1. The van der Waals surface area contributed by atoms with Crippen LogP contribution in [0.25, 0.3) is 28.5 Å². The van der Waals surface area contributed by atoms with E-state index in [-0.39, 0.29) is 5.82 Å². The monoisotopic (exact) mass is 415 g/mol. The Labute approximate surface area is 182 Å². The molecule has 2 aromatic carbocycles. The van der Waals surface area contributed by atoms with Gasteiger partial charge < -0.3 is 0 Å². The summed E-state index contributed by atoms with van der Waals surface area (Å²) in [6, 6.07) is 15.6. The van der Waals surface area contributed by atoms with Gasteiger partial charge in [-0.15, -0.1) is 11.8 Å². The first-order chi connectivity index (χ1) is 14.6. The summed E-state index contributed by atoms with van der Waals surface area (Å²) in [6.45, 7) is 4.41. The van der Waals surface area contributed by atoms with Crippen LogP contribution in [0.2, 0.25) is 0 Å². The van der Waals surface area contributed by atoms with Gasteiger partial charge in [0.1, 0.15) is 5.82 Å². The van der Waals surface area contributed by atoms with Gasteiger partial charge in [0.2, 0.25) is 0 Å². The lowest BCUT2D eigenvalue weighted by Crippen LogP contribution is -2.05. The number of allylic oxidation sites excluding steroid dienone is 1. The second-order valence-corrected chi connectivity index (χ2v) is 9.73. The summed E-state index contributed by atoms with van der Waals surface area (Å²) in [5, 5.41) is 0. The Hall–Kier alpha value is -2.39. The Morgan fingerprint density at radius 2 is 1.83 bits per heavy atom. The van der Waals surface area contributed by atoms with Crippen LogP contribution in [0.3, 0.4) is 0 Å². The predicted molar refractivity (Wildman–Crippen MR) is 125 cm³/mol. The smallest absolute Gasteiger partial charge is 0.123 e. The van der Waals surface area contributed by atoms with Crippen LogP contribution in [0, 0.1) is 11.7 Å². The Morgan fingerprint density at radius 1 is 1.07 bits per heavy atom. The summed E-state index contributed by atoms with van der Waals surface area (Å²) < 4.78 is 13.7. The maximum absolute atomic E-state index is 13.7. The van der Waals surface area contributed by atoms with Crippen LogP contribution in [-0.4, -0.2) is 10.7 Å². The maximum atomic E-state index is 13.7. The highest BCUT2D eigenvalue weighted by Gasteiger charge is 2.32. The first-order valence-electron chi connectivity index (χ1n) is 10.8. The normalized spacial score (nSPS) is 15.9. The molecule has 1 nitrogen and oxygen atoms in total. The summed E-state index contributed by atoms with van der Waals surface area (Å²) in [7, 11) is 0. The van der Waals surface area contributed by atoms with Crippen molar-refractivity contribution in [1.29, 1.82) is 0 Å². The SMILES string of the molecule is CC(C)/C=C/c1c(C2CC2)nc2c(c1-c1ccc(F)cc1)CCSc1ccccc1-2. The molecule has 0 N–H and O–H groups in total. The molecule has 2 aliphatic rings. The molecule has 1 saturated carbocycles. The van der Waals surface area contributed by atoms with E-state index in [2.05, 4.69) is 50.3 Å². The number of rotatable bonds is 4. The molecular formula is C27H26FNS. The van der Waals surface area contributed by atoms with E-state index in [0.29, 0.717) is 11.8 Å². The first-order valence-corrected chi connectivity index (χ1v) is 11.8. The van der Waals surface area contributed by atoms with Gasteiger partial charge in [-0.3, -0.25) is 4.98 Å². The summed E-state index contributed by atoms with van der Waals surface area (Å²) in [4.78, 5) is 6.63. The van der Waals surface area contributed by atoms with Gasteiger partial charge in [-0.05, 0) is 60.1 Å². The average Bonchev–Trinajstić information content (AvgIpc) is 3.59. The van der Waals surface area contributed by atoms with Crippen molar-refractivity contribution in [3.05, 3.63) is 77.2 Å². The number of pyridine rings is 1.